The normalized spacial score (nSPS) is 18.0. The zero-order valence-electron chi connectivity index (χ0n) is 15.9. The number of rotatable bonds is 4. The van der Waals surface area contributed by atoms with Crippen molar-refractivity contribution in [3.8, 4) is 0 Å². The third kappa shape index (κ3) is 4.57. The molecule has 0 aliphatic carbocycles. The van der Waals surface area contributed by atoms with Gasteiger partial charge in [-0.15, -0.1) is 6.58 Å². The summed E-state index contributed by atoms with van der Waals surface area (Å²) in [6.45, 7) is 8.35. The second-order valence-corrected chi connectivity index (χ2v) is 7.04. The van der Waals surface area contributed by atoms with Gasteiger partial charge in [-0.3, -0.25) is 15.0 Å². The van der Waals surface area contributed by atoms with E-state index < -0.39 is 6.03 Å². The summed E-state index contributed by atoms with van der Waals surface area (Å²) in [5.74, 6) is -0.458. The fourth-order valence-electron chi connectivity index (χ4n) is 3.83. The standard InChI is InChI=1S/C21H28N4O2/c1-3-11-25-12-10-16-13-23-18-7-5-6-15(19(16)18)8-9-17(14-25)20(26)24-21(27)22-4-2/h3,5-7,13,17,23H,1,4,8-12,14H2,2H3,(H2,22,24,26,27)/t17-/m1/s1. The Labute approximate surface area is 160 Å². The number of urea groups is 1. The Morgan fingerprint density at radius 2 is 2.19 bits per heavy atom. The number of aryl methyl sites for hydroxylation is 1. The number of H-pyrrole nitrogens is 1. The Balaban J connectivity index is 1.85. The van der Waals surface area contributed by atoms with Gasteiger partial charge < -0.3 is 10.3 Å². The fraction of sp³-hybridized carbons (Fsp3) is 0.429. The highest BCUT2D eigenvalue weighted by Crippen LogP contribution is 2.27. The molecule has 2 aromatic rings. The quantitative estimate of drug-likeness (QED) is 0.726. The van der Waals surface area contributed by atoms with E-state index in [0.717, 1.165) is 31.4 Å². The van der Waals surface area contributed by atoms with Gasteiger partial charge in [-0.25, -0.2) is 4.79 Å². The van der Waals surface area contributed by atoms with E-state index >= 15 is 0 Å². The summed E-state index contributed by atoms with van der Waals surface area (Å²) in [7, 11) is 0. The smallest absolute Gasteiger partial charge is 0.321 e. The first-order valence-electron chi connectivity index (χ1n) is 9.62. The van der Waals surface area contributed by atoms with Crippen LogP contribution in [0.15, 0.2) is 37.1 Å². The molecule has 0 unspecified atom stereocenters. The van der Waals surface area contributed by atoms with E-state index in [0.29, 0.717) is 19.5 Å². The van der Waals surface area contributed by atoms with Crippen LogP contribution in [0.25, 0.3) is 10.9 Å². The Morgan fingerprint density at radius 3 is 2.96 bits per heavy atom. The molecule has 1 aliphatic rings. The van der Waals surface area contributed by atoms with E-state index in [9.17, 15) is 9.59 Å². The first-order valence-corrected chi connectivity index (χ1v) is 9.62. The lowest BCUT2D eigenvalue weighted by Crippen LogP contribution is -2.45. The summed E-state index contributed by atoms with van der Waals surface area (Å²) in [5, 5.41) is 6.39. The largest absolute Gasteiger partial charge is 0.361 e. The number of carbonyl (C=O) groups excluding carboxylic acids is 2. The van der Waals surface area contributed by atoms with Crippen molar-refractivity contribution in [2.45, 2.75) is 26.2 Å². The van der Waals surface area contributed by atoms with Crippen LogP contribution in [0.4, 0.5) is 4.79 Å². The van der Waals surface area contributed by atoms with Crippen molar-refractivity contribution < 1.29 is 9.59 Å². The second-order valence-electron chi connectivity index (χ2n) is 7.04. The van der Waals surface area contributed by atoms with E-state index in [1.165, 1.54) is 16.5 Å². The van der Waals surface area contributed by atoms with Gasteiger partial charge in [-0.05, 0) is 43.4 Å². The van der Waals surface area contributed by atoms with Crippen molar-refractivity contribution in [2.75, 3.05) is 26.2 Å². The molecule has 1 aromatic carbocycles. The monoisotopic (exact) mass is 368 g/mol. The molecule has 1 aromatic heterocycles. The van der Waals surface area contributed by atoms with E-state index in [2.05, 4.69) is 51.5 Å². The molecule has 6 heteroatoms. The van der Waals surface area contributed by atoms with Crippen LogP contribution in [0.1, 0.15) is 24.5 Å². The molecule has 0 spiro atoms. The number of imide groups is 1. The molecule has 144 valence electrons. The maximum absolute atomic E-state index is 12.7. The maximum atomic E-state index is 12.7. The van der Waals surface area contributed by atoms with Gasteiger partial charge in [0.15, 0.2) is 0 Å². The minimum Gasteiger partial charge on any atom is -0.361 e. The van der Waals surface area contributed by atoms with Gasteiger partial charge in [0.05, 0.1) is 5.92 Å². The summed E-state index contributed by atoms with van der Waals surface area (Å²) in [6, 6.07) is 5.86. The molecular formula is C21H28N4O2. The average molecular weight is 368 g/mol. The summed E-state index contributed by atoms with van der Waals surface area (Å²) in [5.41, 5.74) is 3.72. The molecule has 27 heavy (non-hydrogen) atoms. The Morgan fingerprint density at radius 1 is 1.33 bits per heavy atom. The Bertz CT molecular complexity index is 827. The third-order valence-corrected chi connectivity index (χ3v) is 5.14. The van der Waals surface area contributed by atoms with Crippen LogP contribution < -0.4 is 10.6 Å². The van der Waals surface area contributed by atoms with Gasteiger partial charge >= 0.3 is 6.03 Å². The molecule has 2 heterocycles. The summed E-state index contributed by atoms with van der Waals surface area (Å²) in [4.78, 5) is 30.1. The summed E-state index contributed by atoms with van der Waals surface area (Å²) in [6.07, 6.45) is 6.38. The molecule has 1 atom stereocenters. The number of aromatic nitrogens is 1. The molecule has 0 radical (unpaired) electrons. The van der Waals surface area contributed by atoms with Crippen molar-refractivity contribution in [2.24, 2.45) is 5.92 Å². The maximum Gasteiger partial charge on any atom is 0.321 e. The number of carbonyl (C=O) groups is 2. The molecule has 0 saturated heterocycles. The molecule has 3 N–H and O–H groups in total. The molecular weight excluding hydrogens is 340 g/mol. The molecule has 0 saturated carbocycles. The lowest BCUT2D eigenvalue weighted by atomic mass is 9.93. The highest BCUT2D eigenvalue weighted by Gasteiger charge is 2.24. The molecule has 6 nitrogen and oxygen atoms in total. The van der Waals surface area contributed by atoms with Crippen LogP contribution in [0, 0.1) is 5.92 Å². The van der Waals surface area contributed by atoms with Crippen LogP contribution in [0.2, 0.25) is 0 Å². The Hall–Kier alpha value is -2.60. The molecule has 3 rings (SSSR count). The topological polar surface area (TPSA) is 77.2 Å². The number of nitrogens with one attached hydrogen (secondary N) is 3. The average Bonchev–Trinajstić information content (AvgIpc) is 3.07. The van der Waals surface area contributed by atoms with Crippen molar-refractivity contribution in [3.63, 3.8) is 0 Å². The van der Waals surface area contributed by atoms with Crippen molar-refractivity contribution in [1.82, 2.24) is 20.5 Å². The van der Waals surface area contributed by atoms with Gasteiger partial charge in [0.1, 0.15) is 0 Å². The lowest BCUT2D eigenvalue weighted by Gasteiger charge is -2.27. The highest BCUT2D eigenvalue weighted by molar-refractivity contribution is 5.95. The molecule has 0 bridgehead atoms. The van der Waals surface area contributed by atoms with E-state index in [-0.39, 0.29) is 11.8 Å². The first-order chi connectivity index (χ1) is 13.1. The van der Waals surface area contributed by atoms with E-state index in [1.807, 2.05) is 13.0 Å². The predicted molar refractivity (Wildman–Crippen MR) is 108 cm³/mol. The van der Waals surface area contributed by atoms with Crippen molar-refractivity contribution >= 4 is 22.8 Å². The van der Waals surface area contributed by atoms with Gasteiger partial charge in [-0.2, -0.15) is 0 Å². The number of benzene rings is 1. The number of nitrogens with zero attached hydrogens (tertiary/aromatic N) is 1. The SMILES string of the molecule is C=CCN1CCc2c[nH]c3cccc(c23)CC[C@@H](C(=O)NC(=O)NCC)C1. The zero-order valence-corrected chi connectivity index (χ0v) is 15.9. The van der Waals surface area contributed by atoms with E-state index in [1.54, 1.807) is 0 Å². The van der Waals surface area contributed by atoms with Crippen LogP contribution in [0.5, 0.6) is 0 Å². The van der Waals surface area contributed by atoms with Gasteiger partial charge in [0, 0.05) is 43.3 Å². The van der Waals surface area contributed by atoms with Crippen LogP contribution in [0.3, 0.4) is 0 Å². The van der Waals surface area contributed by atoms with E-state index in [4.69, 9.17) is 0 Å². The number of hydrogen-bond donors (Lipinski definition) is 3. The molecule has 1 aliphatic heterocycles. The fourth-order valence-corrected chi connectivity index (χ4v) is 3.83. The van der Waals surface area contributed by atoms with Crippen molar-refractivity contribution in [3.05, 3.63) is 48.2 Å². The van der Waals surface area contributed by atoms with Crippen LogP contribution in [-0.2, 0) is 17.6 Å². The summed E-state index contributed by atoms with van der Waals surface area (Å²) < 4.78 is 0. The van der Waals surface area contributed by atoms with Crippen LogP contribution >= 0.6 is 0 Å². The minimum atomic E-state index is -0.426. The third-order valence-electron chi connectivity index (χ3n) is 5.14. The number of hydrogen-bond acceptors (Lipinski definition) is 3. The predicted octanol–water partition coefficient (Wildman–Crippen LogP) is 2.61. The van der Waals surface area contributed by atoms with Crippen LogP contribution in [-0.4, -0.2) is 48.0 Å². The highest BCUT2D eigenvalue weighted by atomic mass is 16.2. The van der Waals surface area contributed by atoms with Gasteiger partial charge in [0.2, 0.25) is 5.91 Å². The van der Waals surface area contributed by atoms with Gasteiger partial charge in [-0.1, -0.05) is 18.2 Å². The van der Waals surface area contributed by atoms with Gasteiger partial charge in [0.25, 0.3) is 0 Å². The zero-order chi connectivity index (χ0) is 19.2. The molecule has 0 fully saturated rings. The first kappa shape index (κ1) is 19.2. The summed E-state index contributed by atoms with van der Waals surface area (Å²) >= 11 is 0. The molecule has 3 amide bonds. The minimum absolute atomic E-state index is 0.211. The number of aromatic amines is 1. The Kier molecular flexibility index (Phi) is 6.29. The number of amides is 3. The lowest BCUT2D eigenvalue weighted by molar-refractivity contribution is -0.124. The second kappa shape index (κ2) is 8.86. The van der Waals surface area contributed by atoms with Crippen molar-refractivity contribution in [1.29, 1.82) is 0 Å².